The van der Waals surface area contributed by atoms with Crippen molar-refractivity contribution in [3.8, 4) is 0 Å². The fraction of sp³-hybridized carbons (Fsp3) is 0.125. The lowest BCUT2D eigenvalue weighted by molar-refractivity contribution is 0.0521. The number of rotatable bonds is 6. The number of esters is 1. The van der Waals surface area contributed by atoms with Crippen molar-refractivity contribution in [3.05, 3.63) is 82.1 Å². The van der Waals surface area contributed by atoms with Crippen LogP contribution >= 0.6 is 0 Å². The Kier molecular flexibility index (Phi) is 5.72. The molecule has 4 rings (SSSR count). The lowest BCUT2D eigenvalue weighted by Crippen LogP contribution is -2.29. The lowest BCUT2D eigenvalue weighted by Gasteiger charge is -2.14. The van der Waals surface area contributed by atoms with Crippen LogP contribution in [0.25, 0.3) is 0 Å². The molecule has 10 nitrogen and oxygen atoms in total. The Balaban J connectivity index is 1.58. The predicted octanol–water partition coefficient (Wildman–Crippen LogP) is 2.92. The summed E-state index contributed by atoms with van der Waals surface area (Å²) >= 11 is 0. The van der Waals surface area contributed by atoms with Crippen LogP contribution < -0.4 is 16.0 Å². The van der Waals surface area contributed by atoms with Crippen LogP contribution in [0.4, 0.5) is 11.6 Å². The maximum absolute atomic E-state index is 12.8. The third-order valence-corrected chi connectivity index (χ3v) is 5.22. The van der Waals surface area contributed by atoms with Crippen molar-refractivity contribution < 1.29 is 33.1 Å². The van der Waals surface area contributed by atoms with Crippen LogP contribution in [-0.2, 0) is 4.74 Å². The van der Waals surface area contributed by atoms with Crippen molar-refractivity contribution in [2.24, 2.45) is 5.73 Å². The molecule has 1 aliphatic rings. The number of ether oxygens (including phenoxy) is 1. The number of nitrogens with zero attached hydrogens (tertiary/aromatic N) is 1. The number of nitrogens with one attached hydrogen (secondary N) is 1. The summed E-state index contributed by atoms with van der Waals surface area (Å²) in [7, 11) is 0. The van der Waals surface area contributed by atoms with Gasteiger partial charge in [0.2, 0.25) is 5.88 Å². The van der Waals surface area contributed by atoms with Gasteiger partial charge in [-0.05, 0) is 50.2 Å². The van der Waals surface area contributed by atoms with Gasteiger partial charge in [0.25, 0.3) is 23.6 Å². The lowest BCUT2D eigenvalue weighted by atomic mass is 10.1. The molecule has 0 radical (unpaired) electrons. The Morgan fingerprint density at radius 2 is 1.56 bits per heavy atom. The molecular formula is C24H19N3O7. The number of furan rings is 1. The maximum atomic E-state index is 12.8. The van der Waals surface area contributed by atoms with E-state index in [1.165, 1.54) is 31.2 Å². The van der Waals surface area contributed by atoms with Gasteiger partial charge >= 0.3 is 5.97 Å². The Hall–Kier alpha value is -4.73. The molecule has 0 bridgehead atoms. The molecule has 0 atom stereocenters. The van der Waals surface area contributed by atoms with Gasteiger partial charge in [0.15, 0.2) is 0 Å². The maximum Gasteiger partial charge on any atom is 0.342 e. The zero-order valence-electron chi connectivity index (χ0n) is 18.2. The molecule has 172 valence electrons. The minimum Gasteiger partial charge on any atom is -0.462 e. The van der Waals surface area contributed by atoms with E-state index in [2.05, 4.69) is 5.32 Å². The molecule has 2 aromatic carbocycles. The summed E-state index contributed by atoms with van der Waals surface area (Å²) in [5.41, 5.74) is 5.98. The monoisotopic (exact) mass is 461 g/mol. The largest absolute Gasteiger partial charge is 0.462 e. The average Bonchev–Trinajstić information content (AvgIpc) is 3.27. The van der Waals surface area contributed by atoms with Crippen molar-refractivity contribution >= 4 is 41.2 Å². The summed E-state index contributed by atoms with van der Waals surface area (Å²) in [6.45, 7) is 3.11. The minimum atomic E-state index is -0.976. The fourth-order valence-electron chi connectivity index (χ4n) is 3.68. The molecule has 4 amide bonds. The number of imide groups is 1. The van der Waals surface area contributed by atoms with Gasteiger partial charge in [-0.1, -0.05) is 12.1 Å². The summed E-state index contributed by atoms with van der Waals surface area (Å²) in [6, 6.07) is 12.2. The first-order chi connectivity index (χ1) is 16.2. The van der Waals surface area contributed by atoms with Gasteiger partial charge in [-0.25, -0.2) is 9.69 Å². The normalized spacial score (nSPS) is 12.5. The van der Waals surface area contributed by atoms with Gasteiger partial charge in [0.1, 0.15) is 16.9 Å². The van der Waals surface area contributed by atoms with Crippen LogP contribution in [0.15, 0.2) is 52.9 Å². The molecule has 1 aliphatic heterocycles. The highest BCUT2D eigenvalue weighted by Gasteiger charge is 2.36. The van der Waals surface area contributed by atoms with Crippen LogP contribution in [0.3, 0.4) is 0 Å². The molecule has 34 heavy (non-hydrogen) atoms. The Morgan fingerprint density at radius 3 is 2.09 bits per heavy atom. The minimum absolute atomic E-state index is 0.0588. The average molecular weight is 461 g/mol. The number of carbonyl (C=O) groups excluding carboxylic acids is 5. The van der Waals surface area contributed by atoms with Crippen LogP contribution in [0.5, 0.6) is 0 Å². The van der Waals surface area contributed by atoms with Crippen LogP contribution in [0.2, 0.25) is 0 Å². The first kappa shape index (κ1) is 22.5. The Bertz CT molecular complexity index is 1320. The molecule has 0 saturated heterocycles. The second kappa shape index (κ2) is 8.66. The molecule has 0 spiro atoms. The third kappa shape index (κ3) is 3.71. The predicted molar refractivity (Wildman–Crippen MR) is 120 cm³/mol. The van der Waals surface area contributed by atoms with Crippen LogP contribution in [-0.4, -0.2) is 36.2 Å². The van der Waals surface area contributed by atoms with E-state index in [-0.39, 0.29) is 34.9 Å². The van der Waals surface area contributed by atoms with E-state index >= 15 is 0 Å². The highest BCUT2D eigenvalue weighted by atomic mass is 16.5. The number of aryl methyl sites for hydroxylation is 1. The zero-order chi connectivity index (χ0) is 24.6. The quantitative estimate of drug-likeness (QED) is 0.423. The highest BCUT2D eigenvalue weighted by Crippen LogP contribution is 2.30. The summed E-state index contributed by atoms with van der Waals surface area (Å²) in [5, 5.41) is 2.43. The van der Waals surface area contributed by atoms with E-state index in [1.54, 1.807) is 31.2 Å². The van der Waals surface area contributed by atoms with Crippen LogP contribution in [0.1, 0.15) is 64.5 Å². The van der Waals surface area contributed by atoms with Crippen LogP contribution in [0, 0.1) is 6.92 Å². The molecule has 3 aromatic rings. The van der Waals surface area contributed by atoms with E-state index in [0.717, 1.165) is 4.90 Å². The number of hydrogen-bond donors (Lipinski definition) is 2. The van der Waals surface area contributed by atoms with E-state index in [1.807, 2.05) is 0 Å². The van der Waals surface area contributed by atoms with Crippen molar-refractivity contribution in [1.82, 2.24) is 0 Å². The molecular weight excluding hydrogens is 442 g/mol. The molecule has 2 heterocycles. The van der Waals surface area contributed by atoms with Crippen molar-refractivity contribution in [2.75, 3.05) is 16.8 Å². The Labute approximate surface area is 193 Å². The second-order valence-corrected chi connectivity index (χ2v) is 7.31. The number of anilines is 2. The number of carbonyl (C=O) groups is 5. The van der Waals surface area contributed by atoms with Gasteiger partial charge < -0.3 is 14.9 Å². The molecule has 10 heteroatoms. The van der Waals surface area contributed by atoms with E-state index in [4.69, 9.17) is 14.9 Å². The number of nitrogens with two attached hydrogens (primary N) is 1. The van der Waals surface area contributed by atoms with E-state index in [9.17, 15) is 24.0 Å². The molecule has 0 aliphatic carbocycles. The molecule has 1 aromatic heterocycles. The summed E-state index contributed by atoms with van der Waals surface area (Å²) < 4.78 is 10.3. The first-order valence-electron chi connectivity index (χ1n) is 10.2. The molecule has 0 fully saturated rings. The van der Waals surface area contributed by atoms with E-state index in [0.29, 0.717) is 16.8 Å². The van der Waals surface area contributed by atoms with Gasteiger partial charge in [-0.2, -0.15) is 0 Å². The number of hydrogen-bond acceptors (Lipinski definition) is 7. The van der Waals surface area contributed by atoms with Crippen molar-refractivity contribution in [3.63, 3.8) is 0 Å². The number of amides is 4. The smallest absolute Gasteiger partial charge is 0.342 e. The van der Waals surface area contributed by atoms with Gasteiger partial charge in [-0.3, -0.25) is 24.5 Å². The fourth-order valence-corrected chi connectivity index (χ4v) is 3.68. The highest BCUT2D eigenvalue weighted by molar-refractivity contribution is 6.34. The topological polar surface area (TPSA) is 149 Å². The SMILES string of the molecule is CCOC(=O)c1c(C)oc(NC(=O)c2ccc(N3C(=O)c4ccccc4C3=O)cc2)c1C(N)=O. The van der Waals surface area contributed by atoms with Crippen molar-refractivity contribution in [2.45, 2.75) is 13.8 Å². The third-order valence-electron chi connectivity index (χ3n) is 5.22. The zero-order valence-corrected chi connectivity index (χ0v) is 18.2. The van der Waals surface area contributed by atoms with Gasteiger partial charge in [-0.15, -0.1) is 0 Å². The van der Waals surface area contributed by atoms with Gasteiger partial charge in [0.05, 0.1) is 23.4 Å². The summed E-state index contributed by atoms with van der Waals surface area (Å²) in [4.78, 5) is 63.2. The Morgan fingerprint density at radius 1 is 0.971 bits per heavy atom. The molecule has 0 saturated carbocycles. The number of fused-ring (bicyclic) bond motifs is 1. The van der Waals surface area contributed by atoms with Gasteiger partial charge in [0, 0.05) is 5.56 Å². The molecule has 3 N–H and O–H groups in total. The second-order valence-electron chi connectivity index (χ2n) is 7.31. The van der Waals surface area contributed by atoms with Crippen molar-refractivity contribution in [1.29, 1.82) is 0 Å². The number of benzene rings is 2. The summed E-state index contributed by atoms with van der Waals surface area (Å²) in [5.74, 6) is -3.59. The molecule has 0 unspecified atom stereocenters. The summed E-state index contributed by atoms with van der Waals surface area (Å²) in [6.07, 6.45) is 0. The standard InChI is InChI=1S/C24H19N3O7/c1-3-33-24(32)17-12(2)34-21(18(17)19(25)28)26-20(29)13-8-10-14(11-9-13)27-22(30)15-6-4-5-7-16(15)23(27)31/h4-11H,3H2,1-2H3,(H2,25,28)(H,26,29). The van der Waals surface area contributed by atoms with E-state index < -0.39 is 29.6 Å². The first-order valence-corrected chi connectivity index (χ1v) is 10.2. The number of primary amides is 1.